The van der Waals surface area contributed by atoms with Gasteiger partial charge in [0.25, 0.3) is 0 Å². The van der Waals surface area contributed by atoms with Crippen molar-refractivity contribution in [3.8, 4) is 0 Å². The van der Waals surface area contributed by atoms with Gasteiger partial charge in [-0.25, -0.2) is 4.39 Å². The fourth-order valence-corrected chi connectivity index (χ4v) is 2.02. The molecule has 0 amide bonds. The summed E-state index contributed by atoms with van der Waals surface area (Å²) in [6.07, 6.45) is 6.04. The van der Waals surface area contributed by atoms with Crippen LogP contribution in [0.4, 0.5) is 4.39 Å². The van der Waals surface area contributed by atoms with Crippen LogP contribution in [0.15, 0.2) is 30.9 Å². The summed E-state index contributed by atoms with van der Waals surface area (Å²) in [6.45, 7) is 3.66. The number of hydrogen-bond donors (Lipinski definition) is 1. The molecule has 3 heteroatoms. The van der Waals surface area contributed by atoms with E-state index in [1.807, 2.05) is 6.08 Å². The Labute approximate surface area is 107 Å². The van der Waals surface area contributed by atoms with Crippen molar-refractivity contribution < 1.29 is 9.50 Å². The van der Waals surface area contributed by atoms with Gasteiger partial charge in [-0.1, -0.05) is 36.6 Å². The summed E-state index contributed by atoms with van der Waals surface area (Å²) >= 11 is 5.87. The van der Waals surface area contributed by atoms with Gasteiger partial charge in [0.05, 0.1) is 6.10 Å². The zero-order chi connectivity index (χ0) is 12.7. The third-order valence-electron chi connectivity index (χ3n) is 2.71. The molecule has 0 saturated heterocycles. The Morgan fingerprint density at radius 2 is 2.12 bits per heavy atom. The maximum Gasteiger partial charge on any atom is 0.124 e. The van der Waals surface area contributed by atoms with E-state index < -0.39 is 6.10 Å². The number of halogens is 2. The van der Waals surface area contributed by atoms with Crippen molar-refractivity contribution in [2.45, 2.75) is 38.2 Å². The molecule has 0 spiro atoms. The molecule has 1 rings (SSSR count). The molecular formula is C14H18ClFO. The first-order valence-electron chi connectivity index (χ1n) is 5.89. The van der Waals surface area contributed by atoms with Crippen LogP contribution in [0.25, 0.3) is 0 Å². The zero-order valence-corrected chi connectivity index (χ0v) is 10.6. The minimum Gasteiger partial charge on any atom is -0.388 e. The van der Waals surface area contributed by atoms with Crippen molar-refractivity contribution in [3.63, 3.8) is 0 Å². The summed E-state index contributed by atoms with van der Waals surface area (Å²) in [6, 6.07) is 4.10. The van der Waals surface area contributed by atoms with E-state index in [2.05, 4.69) is 6.58 Å². The van der Waals surface area contributed by atoms with Crippen LogP contribution in [0, 0.1) is 5.82 Å². The molecule has 1 aromatic carbocycles. The molecule has 0 aliphatic carbocycles. The molecule has 1 nitrogen and oxygen atoms in total. The fraction of sp³-hybridized carbons (Fsp3) is 0.429. The van der Waals surface area contributed by atoms with Gasteiger partial charge in [-0.05, 0) is 37.0 Å². The van der Waals surface area contributed by atoms with Gasteiger partial charge in [-0.3, -0.25) is 0 Å². The molecule has 94 valence electrons. The van der Waals surface area contributed by atoms with E-state index >= 15 is 0 Å². The van der Waals surface area contributed by atoms with Crippen LogP contribution in [-0.4, -0.2) is 5.11 Å². The molecule has 0 saturated carbocycles. The maximum absolute atomic E-state index is 12.8. The van der Waals surface area contributed by atoms with Gasteiger partial charge >= 0.3 is 0 Å². The second-order valence-corrected chi connectivity index (χ2v) is 4.52. The number of allylic oxidation sites excluding steroid dienone is 1. The van der Waals surface area contributed by atoms with Gasteiger partial charge in [0.2, 0.25) is 0 Å². The maximum atomic E-state index is 12.8. The number of hydrogen-bond acceptors (Lipinski definition) is 1. The average Bonchev–Trinajstić information content (AvgIpc) is 2.28. The zero-order valence-electron chi connectivity index (χ0n) is 9.83. The normalized spacial score (nSPS) is 12.4. The Bertz CT molecular complexity index is 365. The second kappa shape index (κ2) is 7.46. The molecule has 1 aromatic rings. The Balaban J connectivity index is 2.41. The Morgan fingerprint density at radius 1 is 1.35 bits per heavy atom. The van der Waals surface area contributed by atoms with Crippen LogP contribution in [0.1, 0.15) is 43.8 Å². The molecule has 0 fully saturated rings. The summed E-state index contributed by atoms with van der Waals surface area (Å²) in [7, 11) is 0. The van der Waals surface area contributed by atoms with Gasteiger partial charge in [-0.15, -0.1) is 6.58 Å². The van der Waals surface area contributed by atoms with E-state index in [0.29, 0.717) is 17.0 Å². The van der Waals surface area contributed by atoms with E-state index in [-0.39, 0.29) is 5.82 Å². The summed E-state index contributed by atoms with van der Waals surface area (Å²) in [5.74, 6) is -0.378. The van der Waals surface area contributed by atoms with Gasteiger partial charge in [0.15, 0.2) is 0 Å². The van der Waals surface area contributed by atoms with Crippen LogP contribution in [0.3, 0.4) is 0 Å². The number of rotatable bonds is 7. The third kappa shape index (κ3) is 4.88. The highest BCUT2D eigenvalue weighted by molar-refractivity contribution is 6.31. The molecule has 0 aliphatic heterocycles. The molecular weight excluding hydrogens is 239 g/mol. The molecule has 1 N–H and O–H groups in total. The van der Waals surface area contributed by atoms with Crippen LogP contribution in [-0.2, 0) is 0 Å². The SMILES string of the molecule is C=CCCCCCC(O)c1ccc(F)cc1Cl. The lowest BCUT2D eigenvalue weighted by atomic mass is 10.0. The molecule has 1 atom stereocenters. The van der Waals surface area contributed by atoms with Gasteiger partial charge in [0.1, 0.15) is 5.82 Å². The lowest BCUT2D eigenvalue weighted by molar-refractivity contribution is 0.163. The van der Waals surface area contributed by atoms with Crippen molar-refractivity contribution in [1.29, 1.82) is 0 Å². The third-order valence-corrected chi connectivity index (χ3v) is 3.03. The Kier molecular flexibility index (Phi) is 6.23. The van der Waals surface area contributed by atoms with Crippen LogP contribution < -0.4 is 0 Å². The highest BCUT2D eigenvalue weighted by Crippen LogP contribution is 2.27. The first kappa shape index (κ1) is 14.2. The van der Waals surface area contributed by atoms with Crippen LogP contribution in [0.2, 0.25) is 5.02 Å². The molecule has 0 bridgehead atoms. The Hall–Kier alpha value is -0.860. The van der Waals surface area contributed by atoms with Crippen molar-refractivity contribution >= 4 is 11.6 Å². The van der Waals surface area contributed by atoms with E-state index in [1.165, 1.54) is 12.1 Å². The van der Waals surface area contributed by atoms with Gasteiger partial charge in [0, 0.05) is 5.02 Å². The van der Waals surface area contributed by atoms with Crippen molar-refractivity contribution in [2.75, 3.05) is 0 Å². The lowest BCUT2D eigenvalue weighted by Gasteiger charge is -2.12. The predicted octanol–water partition coefficient (Wildman–Crippen LogP) is 4.65. The lowest BCUT2D eigenvalue weighted by Crippen LogP contribution is -1.98. The van der Waals surface area contributed by atoms with Crippen molar-refractivity contribution in [1.82, 2.24) is 0 Å². The molecule has 1 unspecified atom stereocenters. The molecule has 0 aliphatic rings. The molecule has 0 heterocycles. The summed E-state index contributed by atoms with van der Waals surface area (Å²) < 4.78 is 12.8. The monoisotopic (exact) mass is 256 g/mol. The van der Waals surface area contributed by atoms with E-state index in [4.69, 9.17) is 11.6 Å². The minimum absolute atomic E-state index is 0.295. The standard InChI is InChI=1S/C14H18ClFO/c1-2-3-4-5-6-7-14(17)12-9-8-11(16)10-13(12)15/h2,8-10,14,17H,1,3-7H2. The smallest absolute Gasteiger partial charge is 0.124 e. The number of aliphatic hydroxyl groups excluding tert-OH is 1. The summed E-state index contributed by atoms with van der Waals surface area (Å²) in [5.41, 5.74) is 0.608. The highest BCUT2D eigenvalue weighted by Gasteiger charge is 2.11. The summed E-state index contributed by atoms with van der Waals surface area (Å²) in [5, 5.41) is 10.2. The first-order chi connectivity index (χ1) is 8.15. The van der Waals surface area contributed by atoms with Crippen molar-refractivity contribution in [3.05, 3.63) is 47.3 Å². The number of aliphatic hydroxyl groups is 1. The average molecular weight is 257 g/mol. The second-order valence-electron chi connectivity index (χ2n) is 4.11. The largest absolute Gasteiger partial charge is 0.388 e. The number of benzene rings is 1. The van der Waals surface area contributed by atoms with E-state index in [1.54, 1.807) is 6.07 Å². The quantitative estimate of drug-likeness (QED) is 0.556. The summed E-state index contributed by atoms with van der Waals surface area (Å²) in [4.78, 5) is 0. The minimum atomic E-state index is -0.605. The molecule has 0 radical (unpaired) electrons. The predicted molar refractivity (Wildman–Crippen MR) is 69.7 cm³/mol. The fourth-order valence-electron chi connectivity index (χ4n) is 1.73. The topological polar surface area (TPSA) is 20.2 Å². The molecule has 17 heavy (non-hydrogen) atoms. The highest BCUT2D eigenvalue weighted by atomic mass is 35.5. The Morgan fingerprint density at radius 3 is 2.76 bits per heavy atom. The van der Waals surface area contributed by atoms with Crippen LogP contribution >= 0.6 is 11.6 Å². The van der Waals surface area contributed by atoms with E-state index in [9.17, 15) is 9.50 Å². The molecule has 0 aromatic heterocycles. The van der Waals surface area contributed by atoms with Gasteiger partial charge in [-0.2, -0.15) is 0 Å². The van der Waals surface area contributed by atoms with E-state index in [0.717, 1.165) is 25.7 Å². The number of unbranched alkanes of at least 4 members (excludes halogenated alkanes) is 3. The first-order valence-corrected chi connectivity index (χ1v) is 6.27. The van der Waals surface area contributed by atoms with Crippen LogP contribution in [0.5, 0.6) is 0 Å². The van der Waals surface area contributed by atoms with Crippen molar-refractivity contribution in [2.24, 2.45) is 0 Å². The van der Waals surface area contributed by atoms with Gasteiger partial charge < -0.3 is 5.11 Å².